The Labute approximate surface area is 148 Å². The minimum atomic E-state index is 0.00231. The molecule has 0 aliphatic rings. The lowest BCUT2D eigenvalue weighted by molar-refractivity contribution is -0.116. The molecule has 1 aromatic carbocycles. The van der Waals surface area contributed by atoms with Crippen molar-refractivity contribution >= 4 is 56.1 Å². The summed E-state index contributed by atoms with van der Waals surface area (Å²) >= 11 is 3.07. The molecule has 0 saturated heterocycles. The minimum Gasteiger partial charge on any atom is -0.497 e. The number of methoxy groups -OCH3 is 1. The summed E-state index contributed by atoms with van der Waals surface area (Å²) in [5.74, 6) is 0.831. The van der Waals surface area contributed by atoms with Gasteiger partial charge in [0.25, 0.3) is 0 Å². The molecule has 0 aliphatic heterocycles. The Bertz CT molecular complexity index is 898. The Morgan fingerprint density at radius 2 is 2.17 bits per heavy atom. The van der Waals surface area contributed by atoms with Crippen molar-refractivity contribution < 1.29 is 9.53 Å². The number of benzene rings is 1. The maximum atomic E-state index is 11.6. The maximum Gasteiger partial charge on any atom is 0.225 e. The van der Waals surface area contributed by atoms with Crippen LogP contribution in [0.25, 0.3) is 22.4 Å². The molecule has 0 bridgehead atoms. The van der Waals surface area contributed by atoms with E-state index in [2.05, 4.69) is 9.97 Å². The standard InChI is InChI=1S/C17H17N3O2S2/c1-4-20(11(2)21)17-18-12(10-23-17)5-8-16-19-14-7-6-13(22-3)9-15(14)24-16/h5-10H,4H2,1-3H3/b8-5+. The highest BCUT2D eigenvalue weighted by Gasteiger charge is 2.12. The summed E-state index contributed by atoms with van der Waals surface area (Å²) in [6, 6.07) is 5.84. The molecule has 124 valence electrons. The molecule has 0 N–H and O–H groups in total. The van der Waals surface area contributed by atoms with Crippen molar-refractivity contribution in [3.8, 4) is 5.75 Å². The number of aromatic nitrogens is 2. The van der Waals surface area contributed by atoms with E-state index in [-0.39, 0.29) is 5.91 Å². The van der Waals surface area contributed by atoms with Gasteiger partial charge < -0.3 is 4.74 Å². The SMILES string of the molecule is CCN(C(C)=O)c1nc(/C=C/c2nc3ccc(OC)cc3s2)cs1. The van der Waals surface area contributed by atoms with Gasteiger partial charge in [-0.15, -0.1) is 22.7 Å². The van der Waals surface area contributed by atoms with Crippen LogP contribution >= 0.6 is 22.7 Å². The highest BCUT2D eigenvalue weighted by atomic mass is 32.1. The molecule has 1 amide bonds. The van der Waals surface area contributed by atoms with E-state index < -0.39 is 0 Å². The van der Waals surface area contributed by atoms with E-state index >= 15 is 0 Å². The highest BCUT2D eigenvalue weighted by molar-refractivity contribution is 7.19. The molecule has 2 aromatic heterocycles. The number of thiazole rings is 2. The fourth-order valence-corrected chi connectivity index (χ4v) is 4.05. The molecule has 0 aliphatic carbocycles. The fraction of sp³-hybridized carbons (Fsp3) is 0.235. The molecular weight excluding hydrogens is 342 g/mol. The molecule has 0 saturated carbocycles. The zero-order valence-corrected chi connectivity index (χ0v) is 15.3. The first-order chi connectivity index (χ1) is 11.6. The molecule has 5 nitrogen and oxygen atoms in total. The Morgan fingerprint density at radius 1 is 1.33 bits per heavy atom. The van der Waals surface area contributed by atoms with Crippen molar-refractivity contribution in [1.29, 1.82) is 0 Å². The average molecular weight is 359 g/mol. The monoisotopic (exact) mass is 359 g/mol. The largest absolute Gasteiger partial charge is 0.497 e. The van der Waals surface area contributed by atoms with Gasteiger partial charge >= 0.3 is 0 Å². The topological polar surface area (TPSA) is 55.3 Å². The summed E-state index contributed by atoms with van der Waals surface area (Å²) in [5, 5.41) is 3.57. The zero-order valence-electron chi connectivity index (χ0n) is 13.6. The molecule has 3 aromatic rings. The number of hydrogen-bond donors (Lipinski definition) is 0. The van der Waals surface area contributed by atoms with Gasteiger partial charge in [-0.25, -0.2) is 9.97 Å². The first-order valence-corrected chi connectivity index (χ1v) is 9.16. The van der Waals surface area contributed by atoms with E-state index in [9.17, 15) is 4.79 Å². The van der Waals surface area contributed by atoms with Crippen molar-refractivity contribution in [1.82, 2.24) is 9.97 Å². The predicted octanol–water partition coefficient (Wildman–Crippen LogP) is 4.30. The second-order valence-electron chi connectivity index (χ2n) is 5.04. The third-order valence-electron chi connectivity index (χ3n) is 3.45. The van der Waals surface area contributed by atoms with Crippen molar-refractivity contribution in [2.24, 2.45) is 0 Å². The molecule has 0 fully saturated rings. The van der Waals surface area contributed by atoms with E-state index in [1.807, 2.05) is 42.7 Å². The molecule has 3 rings (SSSR count). The van der Waals surface area contributed by atoms with Crippen molar-refractivity contribution in [3.63, 3.8) is 0 Å². The molecular formula is C17H17N3O2S2. The van der Waals surface area contributed by atoms with Crippen LogP contribution in [0.4, 0.5) is 5.13 Å². The van der Waals surface area contributed by atoms with Crippen molar-refractivity contribution in [2.45, 2.75) is 13.8 Å². The van der Waals surface area contributed by atoms with Gasteiger partial charge in [-0.05, 0) is 37.3 Å². The average Bonchev–Trinajstić information content (AvgIpc) is 3.18. The number of carbonyl (C=O) groups is 1. The quantitative estimate of drug-likeness (QED) is 0.681. The van der Waals surface area contributed by atoms with E-state index in [0.717, 1.165) is 31.8 Å². The Balaban J connectivity index is 1.81. The van der Waals surface area contributed by atoms with Crippen molar-refractivity contribution in [3.05, 3.63) is 34.3 Å². The van der Waals surface area contributed by atoms with Crippen LogP contribution in [0.3, 0.4) is 0 Å². The molecule has 0 atom stereocenters. The van der Waals surface area contributed by atoms with E-state index in [1.54, 1.807) is 30.3 Å². The second-order valence-corrected chi connectivity index (χ2v) is 6.94. The smallest absolute Gasteiger partial charge is 0.225 e. The number of rotatable bonds is 5. The fourth-order valence-electron chi connectivity index (χ4n) is 2.25. The Hall–Kier alpha value is -2.25. The number of anilines is 1. The van der Waals surface area contributed by atoms with Crippen LogP contribution < -0.4 is 9.64 Å². The normalized spacial score (nSPS) is 11.3. The third-order valence-corrected chi connectivity index (χ3v) is 5.31. The number of fused-ring (bicyclic) bond motifs is 1. The lowest BCUT2D eigenvalue weighted by Gasteiger charge is -2.14. The van der Waals surface area contributed by atoms with Gasteiger partial charge in [0, 0.05) is 18.8 Å². The molecule has 0 spiro atoms. The van der Waals surface area contributed by atoms with Crippen LogP contribution in [0.1, 0.15) is 24.5 Å². The number of carbonyl (C=O) groups excluding carboxylic acids is 1. The zero-order chi connectivity index (χ0) is 17.1. The summed E-state index contributed by atoms with van der Waals surface area (Å²) in [6.45, 7) is 4.11. The lowest BCUT2D eigenvalue weighted by Crippen LogP contribution is -2.27. The van der Waals surface area contributed by atoms with Crippen molar-refractivity contribution in [2.75, 3.05) is 18.6 Å². The molecule has 24 heavy (non-hydrogen) atoms. The summed E-state index contributed by atoms with van der Waals surface area (Å²) < 4.78 is 6.32. The summed E-state index contributed by atoms with van der Waals surface area (Å²) in [7, 11) is 1.66. The number of ether oxygens (including phenoxy) is 1. The van der Waals surface area contributed by atoms with Crippen LogP contribution in [0.15, 0.2) is 23.6 Å². The summed E-state index contributed by atoms with van der Waals surface area (Å²) in [4.78, 5) is 22.3. The Morgan fingerprint density at radius 3 is 2.88 bits per heavy atom. The van der Waals surface area contributed by atoms with E-state index in [0.29, 0.717) is 6.54 Å². The van der Waals surface area contributed by atoms with Gasteiger partial charge in [-0.1, -0.05) is 0 Å². The molecule has 7 heteroatoms. The van der Waals surface area contributed by atoms with Crippen LogP contribution in [-0.4, -0.2) is 29.5 Å². The summed E-state index contributed by atoms with van der Waals surface area (Å²) in [5.41, 5.74) is 1.78. The van der Waals surface area contributed by atoms with E-state index in [1.165, 1.54) is 11.3 Å². The van der Waals surface area contributed by atoms with Crippen LogP contribution in [0.2, 0.25) is 0 Å². The first kappa shape index (κ1) is 16.6. The number of hydrogen-bond acceptors (Lipinski definition) is 6. The molecule has 0 unspecified atom stereocenters. The van der Waals surface area contributed by atoms with Gasteiger partial charge in [0.05, 0.1) is 23.0 Å². The second kappa shape index (κ2) is 7.11. The first-order valence-electron chi connectivity index (χ1n) is 7.47. The summed E-state index contributed by atoms with van der Waals surface area (Å²) in [6.07, 6.45) is 3.86. The van der Waals surface area contributed by atoms with Crippen LogP contribution in [0, 0.1) is 0 Å². The van der Waals surface area contributed by atoms with E-state index in [4.69, 9.17) is 4.74 Å². The van der Waals surface area contributed by atoms with Gasteiger partial charge in [0.15, 0.2) is 5.13 Å². The lowest BCUT2D eigenvalue weighted by atomic mass is 10.3. The molecule has 2 heterocycles. The number of nitrogens with zero attached hydrogens (tertiary/aromatic N) is 3. The minimum absolute atomic E-state index is 0.00231. The van der Waals surface area contributed by atoms with Crippen LogP contribution in [-0.2, 0) is 4.79 Å². The Kier molecular flexibility index (Phi) is 4.92. The van der Waals surface area contributed by atoms with Gasteiger partial charge in [-0.3, -0.25) is 9.69 Å². The highest BCUT2D eigenvalue weighted by Crippen LogP contribution is 2.28. The maximum absolute atomic E-state index is 11.6. The van der Waals surface area contributed by atoms with Crippen LogP contribution in [0.5, 0.6) is 5.75 Å². The van der Waals surface area contributed by atoms with Gasteiger partial charge in [-0.2, -0.15) is 0 Å². The molecule has 0 radical (unpaired) electrons. The van der Waals surface area contributed by atoms with Gasteiger partial charge in [0.2, 0.25) is 5.91 Å². The van der Waals surface area contributed by atoms with Gasteiger partial charge in [0.1, 0.15) is 10.8 Å². The number of amides is 1. The predicted molar refractivity (Wildman–Crippen MR) is 101 cm³/mol. The third kappa shape index (κ3) is 3.47.